The van der Waals surface area contributed by atoms with Crippen LogP contribution in [0.15, 0.2) is 36.4 Å². The predicted octanol–water partition coefficient (Wildman–Crippen LogP) is 6.46. The summed E-state index contributed by atoms with van der Waals surface area (Å²) in [4.78, 5) is 9.14. The molecule has 2 heterocycles. The van der Waals surface area contributed by atoms with Gasteiger partial charge in [-0.3, -0.25) is 0 Å². The van der Waals surface area contributed by atoms with Gasteiger partial charge in [-0.2, -0.15) is 0 Å². The molecule has 2 aromatic carbocycles. The van der Waals surface area contributed by atoms with Crippen LogP contribution in [0.3, 0.4) is 0 Å². The Balaban J connectivity index is 1.86. The van der Waals surface area contributed by atoms with Gasteiger partial charge in [-0.1, -0.05) is 0 Å². The molecule has 0 amide bonds. The molecule has 0 fully saturated rings. The number of fused-ring (bicyclic) bond motifs is 3. The summed E-state index contributed by atoms with van der Waals surface area (Å²) in [6, 6.07) is 14.6. The van der Waals surface area contributed by atoms with Gasteiger partial charge in [-0.05, 0) is 0 Å². The average Bonchev–Trinajstić information content (AvgIpc) is 3.10. The molecule has 0 N–H and O–H groups in total. The summed E-state index contributed by atoms with van der Waals surface area (Å²) in [7, 11) is 0. The van der Waals surface area contributed by atoms with Gasteiger partial charge in [-0.25, -0.2) is 0 Å². The molecule has 4 heteroatoms. The van der Waals surface area contributed by atoms with E-state index in [2.05, 4.69) is 58.1 Å². The van der Waals surface area contributed by atoms with E-state index >= 15 is 0 Å². The quantitative estimate of drug-likeness (QED) is 0.250. The molecule has 24 heavy (non-hydrogen) atoms. The Hall–Kier alpha value is 0.217. The third kappa shape index (κ3) is 3.40. The monoisotopic (exact) mass is 566 g/mol. The van der Waals surface area contributed by atoms with Crippen LogP contribution in [-0.2, 0) is 4.44 Å². The van der Waals surface area contributed by atoms with Gasteiger partial charge >= 0.3 is 168 Å². The van der Waals surface area contributed by atoms with Crippen molar-refractivity contribution in [1.29, 1.82) is 0 Å². The first kappa shape index (κ1) is 17.6. The molecule has 2 radical (unpaired) electrons. The third-order valence-electron chi connectivity index (χ3n) is 4.45. The van der Waals surface area contributed by atoms with E-state index in [-0.39, 0.29) is 21.1 Å². The Morgan fingerprint density at radius 2 is 1.42 bits per heavy atom. The van der Waals surface area contributed by atoms with Crippen LogP contribution in [-0.4, -0.2) is 39.5 Å². The van der Waals surface area contributed by atoms with Crippen molar-refractivity contribution in [3.63, 3.8) is 0 Å². The van der Waals surface area contributed by atoms with Crippen molar-refractivity contribution in [3.05, 3.63) is 41.3 Å². The molecule has 0 saturated carbocycles. The van der Waals surface area contributed by atoms with Gasteiger partial charge in [0.25, 0.3) is 0 Å². The van der Waals surface area contributed by atoms with Crippen molar-refractivity contribution >= 4 is 96.0 Å². The molecule has 122 valence electrons. The van der Waals surface area contributed by atoms with Crippen molar-refractivity contribution in [3.8, 4) is 0 Å². The molecule has 0 spiro atoms. The second-order valence-corrected chi connectivity index (χ2v) is 29.6. The van der Waals surface area contributed by atoms with E-state index in [4.69, 9.17) is 0 Å². The standard InChI is InChI=1S/C15H8S2.C2H5.3CH3.2Sn/c1-9-4-13-6-12-7-14-10(2-3-16-14)5-11(12)8-15(13)17-9;1-2;;;;;/h2,4-8H,1H2;1H2,2H3;3*1H3;;. The van der Waals surface area contributed by atoms with Crippen LogP contribution < -0.4 is 2.89 Å². The van der Waals surface area contributed by atoms with Crippen molar-refractivity contribution in [2.45, 2.75) is 30.6 Å². The van der Waals surface area contributed by atoms with E-state index in [1.807, 2.05) is 22.7 Å². The van der Waals surface area contributed by atoms with E-state index in [0.717, 1.165) is 0 Å². The fourth-order valence-corrected chi connectivity index (χ4v) is 13.4. The Labute approximate surface area is 166 Å². The zero-order valence-corrected chi connectivity index (χ0v) is 22.0. The van der Waals surface area contributed by atoms with Crippen molar-refractivity contribution < 1.29 is 0 Å². The number of hydrogen-bond acceptors (Lipinski definition) is 2. The summed E-state index contributed by atoms with van der Waals surface area (Å²) < 4.78 is 7.46. The maximum atomic E-state index is 2.51. The Bertz CT molecular complexity index is 964. The van der Waals surface area contributed by atoms with Crippen LogP contribution in [0.1, 0.15) is 11.8 Å². The maximum absolute atomic E-state index is 2.51. The summed E-state index contributed by atoms with van der Waals surface area (Å²) in [5.74, 6) is 0. The molecule has 0 nitrogen and oxygen atoms in total. The van der Waals surface area contributed by atoms with Gasteiger partial charge in [0.1, 0.15) is 0 Å². The van der Waals surface area contributed by atoms with Gasteiger partial charge in [-0.15, -0.1) is 0 Å². The molecular formula is C20H22S2Sn2. The first-order valence-electron chi connectivity index (χ1n) is 8.55. The van der Waals surface area contributed by atoms with Crippen LogP contribution in [0.2, 0.25) is 19.3 Å². The minimum absolute atomic E-state index is 0.155. The second-order valence-electron chi connectivity index (χ2n) is 7.48. The first-order chi connectivity index (χ1) is 11.4. The molecule has 0 aliphatic heterocycles. The number of rotatable bonds is 4. The molecule has 4 aromatic rings. The molecule has 0 saturated heterocycles. The Kier molecular flexibility index (Phi) is 4.95. The topological polar surface area (TPSA) is 0 Å². The predicted molar refractivity (Wildman–Crippen MR) is 118 cm³/mol. The van der Waals surface area contributed by atoms with Crippen LogP contribution in [0.4, 0.5) is 0 Å². The fraction of sp³-hybridized carbons (Fsp3) is 0.300. The molecule has 4 rings (SSSR count). The minimum atomic E-state index is -1.97. The van der Waals surface area contributed by atoms with Crippen LogP contribution in [0.25, 0.3) is 30.9 Å². The van der Waals surface area contributed by atoms with Crippen molar-refractivity contribution in [2.24, 2.45) is 0 Å². The Morgan fingerprint density at radius 3 is 2.04 bits per heavy atom. The van der Waals surface area contributed by atoms with E-state index in [1.165, 1.54) is 39.8 Å². The van der Waals surface area contributed by atoms with Crippen molar-refractivity contribution in [1.82, 2.24) is 0 Å². The Morgan fingerprint density at radius 1 is 0.792 bits per heavy atom. The molecular weight excluding hydrogens is 542 g/mol. The second kappa shape index (κ2) is 6.75. The fourth-order valence-electron chi connectivity index (χ4n) is 3.08. The molecule has 2 aromatic heterocycles. The summed E-state index contributed by atoms with van der Waals surface area (Å²) in [5.41, 5.74) is 0. The van der Waals surface area contributed by atoms with E-state index in [0.29, 0.717) is 0 Å². The first-order valence-corrected chi connectivity index (χ1v) is 24.2. The van der Waals surface area contributed by atoms with Gasteiger partial charge in [0.15, 0.2) is 0 Å². The zero-order chi connectivity index (χ0) is 16.9. The summed E-state index contributed by atoms with van der Waals surface area (Å²) in [6.07, 6.45) is 0. The third-order valence-corrected chi connectivity index (χ3v) is 20.0. The van der Waals surface area contributed by atoms with Gasteiger partial charge in [0.05, 0.1) is 0 Å². The van der Waals surface area contributed by atoms with E-state index < -0.39 is 18.4 Å². The van der Waals surface area contributed by atoms with Crippen molar-refractivity contribution in [2.75, 3.05) is 0 Å². The SMILES string of the molecule is C[CH2][Sn][CH2]c1cc2cc3cc4s[c]([Sn]([CH3])([CH3])[CH3])cc4cc3cc2s1. The number of benzene rings is 2. The number of hydrogen-bond donors (Lipinski definition) is 0. The molecule has 0 bridgehead atoms. The number of thiophene rings is 2. The average molecular weight is 564 g/mol. The van der Waals surface area contributed by atoms with Gasteiger partial charge < -0.3 is 0 Å². The summed E-state index contributed by atoms with van der Waals surface area (Å²) in [6.45, 7) is 2.34. The normalized spacial score (nSPS) is 12.7. The molecule has 0 aliphatic carbocycles. The summed E-state index contributed by atoms with van der Waals surface area (Å²) in [5, 5.41) is 5.72. The molecule has 0 unspecified atom stereocenters. The summed E-state index contributed by atoms with van der Waals surface area (Å²) >= 11 is 1.95. The van der Waals surface area contributed by atoms with Crippen LogP contribution in [0, 0.1) is 0 Å². The molecule has 0 atom stereocenters. The van der Waals surface area contributed by atoms with Crippen LogP contribution >= 0.6 is 22.7 Å². The van der Waals surface area contributed by atoms with Crippen LogP contribution in [0.5, 0.6) is 0 Å². The molecule has 0 aliphatic rings. The van der Waals surface area contributed by atoms with Gasteiger partial charge in [0, 0.05) is 0 Å². The van der Waals surface area contributed by atoms with E-state index in [9.17, 15) is 0 Å². The van der Waals surface area contributed by atoms with Gasteiger partial charge in [0.2, 0.25) is 0 Å². The zero-order valence-electron chi connectivity index (χ0n) is 14.7. The van der Waals surface area contributed by atoms with E-state index in [1.54, 1.807) is 7.77 Å².